The van der Waals surface area contributed by atoms with E-state index in [9.17, 15) is 0 Å². The van der Waals surface area contributed by atoms with Gasteiger partial charge in [0.25, 0.3) is 0 Å². The van der Waals surface area contributed by atoms with Crippen molar-refractivity contribution in [2.75, 3.05) is 20.7 Å². The van der Waals surface area contributed by atoms with Gasteiger partial charge in [-0.2, -0.15) is 0 Å². The van der Waals surface area contributed by atoms with Crippen molar-refractivity contribution in [2.45, 2.75) is 53.2 Å². The van der Waals surface area contributed by atoms with Crippen molar-refractivity contribution < 1.29 is 4.74 Å². The number of rotatable bonds is 8. The van der Waals surface area contributed by atoms with Crippen LogP contribution in [-0.4, -0.2) is 31.6 Å². The van der Waals surface area contributed by atoms with Gasteiger partial charge < -0.3 is 10.1 Å². The molecule has 0 saturated heterocycles. The molecule has 120 valence electrons. The SMILES string of the molecule is CNC(C)c1ccc(OC)c(CN(CC(C)C)C(C)C)c1. The number of nitrogens with zero attached hydrogens (tertiary/aromatic N) is 1. The zero-order valence-electron chi connectivity index (χ0n) is 14.7. The van der Waals surface area contributed by atoms with E-state index in [0.29, 0.717) is 18.0 Å². The average molecular weight is 292 g/mol. The number of hydrogen-bond acceptors (Lipinski definition) is 3. The summed E-state index contributed by atoms with van der Waals surface area (Å²) in [7, 11) is 3.75. The highest BCUT2D eigenvalue weighted by atomic mass is 16.5. The molecule has 3 heteroatoms. The Morgan fingerprint density at radius 3 is 2.29 bits per heavy atom. The van der Waals surface area contributed by atoms with Crippen LogP contribution in [-0.2, 0) is 6.54 Å². The first kappa shape index (κ1) is 18.0. The van der Waals surface area contributed by atoms with Gasteiger partial charge in [0.2, 0.25) is 0 Å². The van der Waals surface area contributed by atoms with Crippen LogP contribution in [0.15, 0.2) is 18.2 Å². The Hall–Kier alpha value is -1.06. The molecule has 1 aromatic rings. The lowest BCUT2D eigenvalue weighted by molar-refractivity contribution is 0.187. The van der Waals surface area contributed by atoms with Crippen LogP contribution in [0, 0.1) is 5.92 Å². The van der Waals surface area contributed by atoms with Crippen molar-refractivity contribution >= 4 is 0 Å². The van der Waals surface area contributed by atoms with Crippen LogP contribution in [0.4, 0.5) is 0 Å². The van der Waals surface area contributed by atoms with E-state index in [-0.39, 0.29) is 0 Å². The summed E-state index contributed by atoms with van der Waals surface area (Å²) in [6, 6.07) is 7.39. The van der Waals surface area contributed by atoms with Gasteiger partial charge in [0, 0.05) is 30.7 Å². The Balaban J connectivity index is 3.02. The first-order valence-corrected chi connectivity index (χ1v) is 7.97. The maximum atomic E-state index is 5.55. The Bertz CT molecular complexity index is 429. The normalized spacial score (nSPS) is 13.2. The molecule has 0 heterocycles. The third-order valence-corrected chi connectivity index (χ3v) is 3.94. The van der Waals surface area contributed by atoms with Crippen LogP contribution in [0.25, 0.3) is 0 Å². The van der Waals surface area contributed by atoms with E-state index >= 15 is 0 Å². The van der Waals surface area contributed by atoms with Crippen molar-refractivity contribution in [3.8, 4) is 5.75 Å². The molecule has 0 amide bonds. The van der Waals surface area contributed by atoms with Gasteiger partial charge in [-0.1, -0.05) is 19.9 Å². The van der Waals surface area contributed by atoms with Gasteiger partial charge in [0.15, 0.2) is 0 Å². The van der Waals surface area contributed by atoms with E-state index in [4.69, 9.17) is 4.74 Å². The van der Waals surface area contributed by atoms with E-state index in [1.165, 1.54) is 11.1 Å². The fourth-order valence-corrected chi connectivity index (χ4v) is 2.50. The summed E-state index contributed by atoms with van der Waals surface area (Å²) in [4.78, 5) is 2.51. The van der Waals surface area contributed by atoms with E-state index in [0.717, 1.165) is 18.8 Å². The highest BCUT2D eigenvalue weighted by Crippen LogP contribution is 2.25. The minimum absolute atomic E-state index is 0.354. The molecule has 1 aromatic carbocycles. The topological polar surface area (TPSA) is 24.5 Å². The third-order valence-electron chi connectivity index (χ3n) is 3.94. The minimum atomic E-state index is 0.354. The molecule has 1 N–H and O–H groups in total. The molecule has 0 aliphatic carbocycles. The van der Waals surface area contributed by atoms with Crippen LogP contribution in [0.2, 0.25) is 0 Å². The van der Waals surface area contributed by atoms with E-state index in [2.05, 4.69) is 63.0 Å². The molecule has 3 nitrogen and oxygen atoms in total. The molecule has 0 saturated carbocycles. The molecular formula is C18H32N2O. The van der Waals surface area contributed by atoms with E-state index in [1.807, 2.05) is 7.05 Å². The predicted molar refractivity (Wildman–Crippen MR) is 90.9 cm³/mol. The molecular weight excluding hydrogens is 260 g/mol. The standard InChI is InChI=1S/C18H32N2O/c1-13(2)11-20(14(3)4)12-17-10-16(15(5)19-6)8-9-18(17)21-7/h8-10,13-15,19H,11-12H2,1-7H3. The molecule has 0 bridgehead atoms. The average Bonchev–Trinajstić information content (AvgIpc) is 2.45. The van der Waals surface area contributed by atoms with Gasteiger partial charge in [-0.25, -0.2) is 0 Å². The molecule has 0 spiro atoms. The number of ether oxygens (including phenoxy) is 1. The largest absolute Gasteiger partial charge is 0.496 e. The fourth-order valence-electron chi connectivity index (χ4n) is 2.50. The van der Waals surface area contributed by atoms with Crippen molar-refractivity contribution in [3.05, 3.63) is 29.3 Å². The van der Waals surface area contributed by atoms with Crippen LogP contribution >= 0.6 is 0 Å². The Morgan fingerprint density at radius 2 is 1.81 bits per heavy atom. The Morgan fingerprint density at radius 1 is 1.14 bits per heavy atom. The lowest BCUT2D eigenvalue weighted by Crippen LogP contribution is -2.33. The lowest BCUT2D eigenvalue weighted by Gasteiger charge is -2.29. The Kier molecular flexibility index (Phi) is 7.20. The fraction of sp³-hybridized carbons (Fsp3) is 0.667. The van der Waals surface area contributed by atoms with Crippen molar-refractivity contribution in [2.24, 2.45) is 5.92 Å². The van der Waals surface area contributed by atoms with Gasteiger partial charge in [-0.3, -0.25) is 4.90 Å². The van der Waals surface area contributed by atoms with Crippen molar-refractivity contribution in [1.29, 1.82) is 0 Å². The second-order valence-corrected chi connectivity index (χ2v) is 6.50. The molecule has 0 aliphatic heterocycles. The molecule has 0 aliphatic rings. The maximum absolute atomic E-state index is 5.55. The summed E-state index contributed by atoms with van der Waals surface area (Å²) in [5.74, 6) is 1.65. The summed E-state index contributed by atoms with van der Waals surface area (Å²) >= 11 is 0. The predicted octanol–water partition coefficient (Wildman–Crippen LogP) is 3.84. The number of methoxy groups -OCH3 is 1. The van der Waals surface area contributed by atoms with Crippen LogP contribution in [0.3, 0.4) is 0 Å². The molecule has 0 fully saturated rings. The highest BCUT2D eigenvalue weighted by Gasteiger charge is 2.15. The van der Waals surface area contributed by atoms with Crippen molar-refractivity contribution in [1.82, 2.24) is 10.2 Å². The second-order valence-electron chi connectivity index (χ2n) is 6.50. The van der Waals surface area contributed by atoms with Gasteiger partial charge >= 0.3 is 0 Å². The van der Waals surface area contributed by atoms with Crippen LogP contribution in [0.5, 0.6) is 5.75 Å². The molecule has 1 rings (SSSR count). The van der Waals surface area contributed by atoms with Crippen LogP contribution in [0.1, 0.15) is 51.8 Å². The van der Waals surface area contributed by atoms with Crippen LogP contribution < -0.4 is 10.1 Å². The molecule has 1 atom stereocenters. The van der Waals surface area contributed by atoms with Gasteiger partial charge in [-0.15, -0.1) is 0 Å². The lowest BCUT2D eigenvalue weighted by atomic mass is 10.0. The molecule has 21 heavy (non-hydrogen) atoms. The maximum Gasteiger partial charge on any atom is 0.123 e. The van der Waals surface area contributed by atoms with Gasteiger partial charge in [0.05, 0.1) is 7.11 Å². The summed E-state index contributed by atoms with van der Waals surface area (Å²) < 4.78 is 5.55. The zero-order valence-corrected chi connectivity index (χ0v) is 14.7. The van der Waals surface area contributed by atoms with E-state index < -0.39 is 0 Å². The quantitative estimate of drug-likeness (QED) is 0.788. The smallest absolute Gasteiger partial charge is 0.123 e. The van der Waals surface area contributed by atoms with Gasteiger partial charge in [-0.05, 0) is 51.4 Å². The molecule has 0 radical (unpaired) electrons. The van der Waals surface area contributed by atoms with E-state index in [1.54, 1.807) is 7.11 Å². The number of hydrogen-bond donors (Lipinski definition) is 1. The first-order chi connectivity index (χ1) is 9.88. The minimum Gasteiger partial charge on any atom is -0.496 e. The third kappa shape index (κ3) is 5.33. The first-order valence-electron chi connectivity index (χ1n) is 7.97. The van der Waals surface area contributed by atoms with Gasteiger partial charge in [0.1, 0.15) is 5.75 Å². The zero-order chi connectivity index (χ0) is 16.0. The number of nitrogens with one attached hydrogen (secondary N) is 1. The highest BCUT2D eigenvalue weighted by molar-refractivity contribution is 5.38. The molecule has 1 unspecified atom stereocenters. The summed E-state index contributed by atoms with van der Waals surface area (Å²) in [6.45, 7) is 13.3. The Labute approximate surface area is 130 Å². The van der Waals surface area contributed by atoms with Crippen molar-refractivity contribution in [3.63, 3.8) is 0 Å². The summed E-state index contributed by atoms with van der Waals surface area (Å²) in [5, 5.41) is 3.30. The monoisotopic (exact) mass is 292 g/mol. The molecule has 0 aromatic heterocycles. The summed E-state index contributed by atoms with van der Waals surface area (Å²) in [6.07, 6.45) is 0. The summed E-state index contributed by atoms with van der Waals surface area (Å²) in [5.41, 5.74) is 2.58. The number of benzene rings is 1. The second kappa shape index (κ2) is 8.40.